The third-order valence-electron chi connectivity index (χ3n) is 8.93. The zero-order valence-corrected chi connectivity index (χ0v) is 26.7. The first kappa shape index (κ1) is 38.5. The lowest BCUT2D eigenvalue weighted by atomic mass is 9.80. The second-order valence-electron chi connectivity index (χ2n) is 12.0. The Kier molecular flexibility index (Phi) is 31.3. The highest BCUT2D eigenvalue weighted by Gasteiger charge is 2.18. The molecular formula is C34H74. The Balaban J connectivity index is -0.000000425. The van der Waals surface area contributed by atoms with Crippen molar-refractivity contribution in [2.24, 2.45) is 16.7 Å². The molecule has 0 N–H and O–H groups in total. The van der Waals surface area contributed by atoms with Crippen molar-refractivity contribution in [3.05, 3.63) is 0 Å². The fraction of sp³-hybridized carbons (Fsp3) is 1.00. The Bertz CT molecular complexity index is 347. The Labute approximate surface area is 221 Å². The largest absolute Gasteiger partial charge is 0.0654 e. The van der Waals surface area contributed by atoms with Gasteiger partial charge in [0.05, 0.1) is 0 Å². The van der Waals surface area contributed by atoms with Gasteiger partial charge in [-0.05, 0) is 29.6 Å². The quantitative estimate of drug-likeness (QED) is 0.151. The van der Waals surface area contributed by atoms with Crippen LogP contribution in [0.15, 0.2) is 0 Å². The standard InChI is InChI=1S/C12H26.2C11H24/c1-5-8-9-10-11-12(4,6-2)7-3;1-5-8-9-10-11(4,6-2)7-3;1-4-6-7-8-9-10-11(3)5-2/h5-11H2,1-4H3;5-10H2,1-4H3;11H,4-10H2,1-3H3. The third kappa shape index (κ3) is 26.6. The Morgan fingerprint density at radius 1 is 0.441 bits per heavy atom. The molecular weight excluding hydrogens is 408 g/mol. The van der Waals surface area contributed by atoms with Gasteiger partial charge in [0, 0.05) is 0 Å². The molecule has 1 unspecified atom stereocenters. The van der Waals surface area contributed by atoms with E-state index >= 15 is 0 Å². The van der Waals surface area contributed by atoms with Gasteiger partial charge in [-0.15, -0.1) is 0 Å². The van der Waals surface area contributed by atoms with Gasteiger partial charge in [-0.1, -0.05) is 192 Å². The Morgan fingerprint density at radius 2 is 0.765 bits per heavy atom. The van der Waals surface area contributed by atoms with E-state index in [0.29, 0.717) is 10.8 Å². The summed E-state index contributed by atoms with van der Waals surface area (Å²) in [5.41, 5.74) is 1.27. The van der Waals surface area contributed by atoms with Crippen LogP contribution in [-0.4, -0.2) is 0 Å². The van der Waals surface area contributed by atoms with E-state index in [1.807, 2.05) is 0 Å². The first-order valence-electron chi connectivity index (χ1n) is 16.2. The molecule has 0 aliphatic heterocycles. The van der Waals surface area contributed by atoms with Crippen LogP contribution in [0.3, 0.4) is 0 Å². The van der Waals surface area contributed by atoms with Crippen molar-refractivity contribution < 1.29 is 0 Å². The predicted molar refractivity (Wildman–Crippen MR) is 163 cm³/mol. The van der Waals surface area contributed by atoms with E-state index in [9.17, 15) is 0 Å². The van der Waals surface area contributed by atoms with Crippen LogP contribution in [0.25, 0.3) is 0 Å². The molecule has 0 aromatic heterocycles. The van der Waals surface area contributed by atoms with Crippen molar-refractivity contribution in [1.82, 2.24) is 0 Å². The number of unbranched alkanes of at least 4 members (excludes halogenated alkanes) is 9. The average Bonchev–Trinajstić information content (AvgIpc) is 2.87. The maximum Gasteiger partial charge on any atom is -0.0331 e. The summed E-state index contributed by atoms with van der Waals surface area (Å²) in [6.45, 7) is 25.6. The molecule has 0 radical (unpaired) electrons. The second kappa shape index (κ2) is 27.6. The summed E-state index contributed by atoms with van der Waals surface area (Å²) in [7, 11) is 0. The average molecular weight is 483 g/mol. The SMILES string of the molecule is CCCCCC(C)(CC)CC.CCCCCCC(C)(CC)CC.CCCCCCCC(C)CC. The van der Waals surface area contributed by atoms with Crippen molar-refractivity contribution >= 4 is 0 Å². The van der Waals surface area contributed by atoms with E-state index in [1.165, 1.54) is 128 Å². The van der Waals surface area contributed by atoms with Crippen LogP contribution in [0.4, 0.5) is 0 Å². The summed E-state index contributed by atoms with van der Waals surface area (Å²) in [4.78, 5) is 0. The van der Waals surface area contributed by atoms with Crippen molar-refractivity contribution in [2.75, 3.05) is 0 Å². The van der Waals surface area contributed by atoms with E-state index in [2.05, 4.69) is 76.2 Å². The molecule has 0 heterocycles. The van der Waals surface area contributed by atoms with Gasteiger partial charge in [0.1, 0.15) is 0 Å². The molecule has 0 bridgehead atoms. The monoisotopic (exact) mass is 483 g/mol. The summed E-state index contributed by atoms with van der Waals surface area (Å²) in [5, 5.41) is 0. The van der Waals surface area contributed by atoms with Crippen LogP contribution in [-0.2, 0) is 0 Å². The molecule has 0 amide bonds. The highest BCUT2D eigenvalue weighted by atomic mass is 14.2. The summed E-state index contributed by atoms with van der Waals surface area (Å²) < 4.78 is 0. The molecule has 1 atom stereocenters. The third-order valence-corrected chi connectivity index (χ3v) is 8.93. The molecule has 0 spiro atoms. The number of hydrogen-bond donors (Lipinski definition) is 0. The lowest BCUT2D eigenvalue weighted by Crippen LogP contribution is -2.13. The van der Waals surface area contributed by atoms with Crippen LogP contribution in [0.2, 0.25) is 0 Å². The molecule has 0 aromatic carbocycles. The summed E-state index contributed by atoms with van der Waals surface area (Å²) >= 11 is 0. The molecule has 0 saturated heterocycles. The fourth-order valence-corrected chi connectivity index (χ4v) is 4.29. The molecule has 0 aromatic rings. The minimum absolute atomic E-state index is 0.633. The maximum absolute atomic E-state index is 2.43. The summed E-state index contributed by atoms with van der Waals surface area (Å²) in [6.07, 6.45) is 28.0. The topological polar surface area (TPSA) is 0 Å². The van der Waals surface area contributed by atoms with Crippen LogP contribution >= 0.6 is 0 Å². The minimum Gasteiger partial charge on any atom is -0.0654 e. The highest BCUT2D eigenvalue weighted by Crippen LogP contribution is 2.32. The van der Waals surface area contributed by atoms with Crippen LogP contribution in [0.5, 0.6) is 0 Å². The van der Waals surface area contributed by atoms with Gasteiger partial charge in [0.15, 0.2) is 0 Å². The molecule has 0 nitrogen and oxygen atoms in total. The van der Waals surface area contributed by atoms with Gasteiger partial charge >= 0.3 is 0 Å². The van der Waals surface area contributed by atoms with Crippen molar-refractivity contribution in [3.63, 3.8) is 0 Å². The predicted octanol–water partition coefficient (Wildman–Crippen LogP) is 13.6. The smallest absolute Gasteiger partial charge is 0.0331 e. The van der Waals surface area contributed by atoms with E-state index in [-0.39, 0.29) is 0 Å². The normalized spacial score (nSPS) is 12.4. The van der Waals surface area contributed by atoms with Crippen LogP contribution in [0, 0.1) is 16.7 Å². The zero-order chi connectivity index (χ0) is 26.7. The minimum atomic E-state index is 0.633. The molecule has 0 aliphatic rings. The highest BCUT2D eigenvalue weighted by molar-refractivity contribution is 4.71. The Hall–Kier alpha value is 0. The van der Waals surface area contributed by atoms with Crippen LogP contribution < -0.4 is 0 Å². The Morgan fingerprint density at radius 3 is 1.12 bits per heavy atom. The van der Waals surface area contributed by atoms with Gasteiger partial charge in [-0.25, -0.2) is 0 Å². The first-order chi connectivity index (χ1) is 16.2. The summed E-state index contributed by atoms with van der Waals surface area (Å²) in [5.74, 6) is 0.955. The van der Waals surface area contributed by atoms with Gasteiger partial charge in [-0.2, -0.15) is 0 Å². The van der Waals surface area contributed by atoms with Gasteiger partial charge in [0.2, 0.25) is 0 Å². The van der Waals surface area contributed by atoms with Crippen LogP contribution in [0.1, 0.15) is 205 Å². The second-order valence-corrected chi connectivity index (χ2v) is 12.0. The maximum atomic E-state index is 2.43. The van der Waals surface area contributed by atoms with E-state index in [1.54, 1.807) is 0 Å². The lowest BCUT2D eigenvalue weighted by molar-refractivity contribution is 0.262. The van der Waals surface area contributed by atoms with Crippen molar-refractivity contribution in [1.29, 1.82) is 0 Å². The van der Waals surface area contributed by atoms with Gasteiger partial charge in [-0.3, -0.25) is 0 Å². The van der Waals surface area contributed by atoms with E-state index in [4.69, 9.17) is 0 Å². The molecule has 0 fully saturated rings. The van der Waals surface area contributed by atoms with Crippen molar-refractivity contribution in [2.45, 2.75) is 205 Å². The van der Waals surface area contributed by atoms with Gasteiger partial charge in [0.25, 0.3) is 0 Å². The first-order valence-corrected chi connectivity index (χ1v) is 16.2. The van der Waals surface area contributed by atoms with E-state index in [0.717, 1.165) is 5.92 Å². The molecule has 0 saturated carbocycles. The number of hydrogen-bond acceptors (Lipinski definition) is 0. The van der Waals surface area contributed by atoms with Crippen molar-refractivity contribution in [3.8, 4) is 0 Å². The lowest BCUT2D eigenvalue weighted by Gasteiger charge is -2.26. The summed E-state index contributed by atoms with van der Waals surface area (Å²) in [6, 6.07) is 0. The molecule has 0 aliphatic carbocycles. The van der Waals surface area contributed by atoms with E-state index < -0.39 is 0 Å². The molecule has 0 rings (SSSR count). The fourth-order valence-electron chi connectivity index (χ4n) is 4.29. The van der Waals surface area contributed by atoms with Gasteiger partial charge < -0.3 is 0 Å². The molecule has 210 valence electrons. The molecule has 34 heavy (non-hydrogen) atoms. The molecule has 0 heteroatoms. The number of rotatable bonds is 20. The zero-order valence-electron chi connectivity index (χ0n) is 26.7.